The Balaban J connectivity index is 2.76. The predicted octanol–water partition coefficient (Wildman–Crippen LogP) is 1.64. The zero-order valence-electron chi connectivity index (χ0n) is 10.2. The van der Waals surface area contributed by atoms with Crippen molar-refractivity contribution < 1.29 is 14.3 Å². The number of nitrogen functional groups attached to an aromatic ring is 1. The molecule has 0 atom stereocenters. The van der Waals surface area contributed by atoms with Crippen LogP contribution in [0.5, 0.6) is 5.75 Å². The molecule has 0 spiro atoms. The fraction of sp³-hybridized carbons (Fsp3) is 0.417. The summed E-state index contributed by atoms with van der Waals surface area (Å²) in [5, 5.41) is 2.74. The topological polar surface area (TPSA) is 73.6 Å². The number of nitrogens with one attached hydrogen (secondary N) is 1. The SMILES string of the molecule is CCC(=O)Nc1cc(N)ccc1OCCOC. The Labute approximate surface area is 101 Å². The van der Waals surface area contributed by atoms with Crippen molar-refractivity contribution in [1.82, 2.24) is 0 Å². The number of hydrogen-bond donors (Lipinski definition) is 2. The Kier molecular flexibility index (Phi) is 5.29. The minimum Gasteiger partial charge on any atom is -0.489 e. The second-order valence-electron chi connectivity index (χ2n) is 3.50. The number of ether oxygens (including phenoxy) is 2. The largest absolute Gasteiger partial charge is 0.489 e. The normalized spacial score (nSPS) is 10.0. The standard InChI is InChI=1S/C12H18N2O3/c1-3-12(15)14-10-8-9(13)4-5-11(10)17-7-6-16-2/h4-5,8H,3,6-7,13H2,1-2H3,(H,14,15). The summed E-state index contributed by atoms with van der Waals surface area (Å²) in [6.07, 6.45) is 0.409. The van der Waals surface area contributed by atoms with E-state index in [1.807, 2.05) is 0 Å². The summed E-state index contributed by atoms with van der Waals surface area (Å²) in [5.74, 6) is 0.519. The van der Waals surface area contributed by atoms with Crippen LogP contribution in [-0.4, -0.2) is 26.2 Å². The molecule has 0 saturated carbocycles. The van der Waals surface area contributed by atoms with E-state index < -0.39 is 0 Å². The van der Waals surface area contributed by atoms with Gasteiger partial charge in [0, 0.05) is 19.2 Å². The summed E-state index contributed by atoms with van der Waals surface area (Å²) in [5.41, 5.74) is 6.84. The molecule has 5 heteroatoms. The molecule has 17 heavy (non-hydrogen) atoms. The average molecular weight is 238 g/mol. The van der Waals surface area contributed by atoms with Crippen molar-refractivity contribution >= 4 is 17.3 Å². The quantitative estimate of drug-likeness (QED) is 0.583. The van der Waals surface area contributed by atoms with Gasteiger partial charge in [-0.25, -0.2) is 0 Å². The van der Waals surface area contributed by atoms with Crippen molar-refractivity contribution in [1.29, 1.82) is 0 Å². The van der Waals surface area contributed by atoms with Gasteiger partial charge in [0.25, 0.3) is 0 Å². The number of carbonyl (C=O) groups is 1. The minimum atomic E-state index is -0.0767. The molecule has 0 aliphatic rings. The number of hydrogen-bond acceptors (Lipinski definition) is 4. The van der Waals surface area contributed by atoms with Gasteiger partial charge in [-0.1, -0.05) is 6.92 Å². The molecule has 0 saturated heterocycles. The van der Waals surface area contributed by atoms with Gasteiger partial charge in [-0.3, -0.25) is 4.79 Å². The fourth-order valence-corrected chi connectivity index (χ4v) is 1.24. The van der Waals surface area contributed by atoms with E-state index in [-0.39, 0.29) is 5.91 Å². The summed E-state index contributed by atoms with van der Waals surface area (Å²) in [7, 11) is 1.60. The second-order valence-corrected chi connectivity index (χ2v) is 3.50. The molecule has 0 aliphatic heterocycles. The van der Waals surface area contributed by atoms with Gasteiger partial charge in [0.1, 0.15) is 12.4 Å². The van der Waals surface area contributed by atoms with Gasteiger partial charge >= 0.3 is 0 Å². The van der Waals surface area contributed by atoms with E-state index in [0.29, 0.717) is 36.8 Å². The van der Waals surface area contributed by atoms with E-state index in [1.165, 1.54) is 0 Å². The second kappa shape index (κ2) is 6.75. The molecule has 0 aliphatic carbocycles. The van der Waals surface area contributed by atoms with Crippen LogP contribution in [0.2, 0.25) is 0 Å². The van der Waals surface area contributed by atoms with Gasteiger partial charge in [0.05, 0.1) is 12.3 Å². The van der Waals surface area contributed by atoms with Crippen LogP contribution in [0.1, 0.15) is 13.3 Å². The lowest BCUT2D eigenvalue weighted by Crippen LogP contribution is -2.12. The molecule has 1 aromatic rings. The van der Waals surface area contributed by atoms with E-state index in [0.717, 1.165) is 0 Å². The lowest BCUT2D eigenvalue weighted by atomic mass is 10.2. The van der Waals surface area contributed by atoms with Gasteiger partial charge in [0.2, 0.25) is 5.91 Å². The van der Waals surface area contributed by atoms with Gasteiger partial charge < -0.3 is 20.5 Å². The molecular weight excluding hydrogens is 220 g/mol. The molecule has 0 unspecified atom stereocenters. The fourth-order valence-electron chi connectivity index (χ4n) is 1.24. The zero-order chi connectivity index (χ0) is 12.7. The Morgan fingerprint density at radius 3 is 2.82 bits per heavy atom. The van der Waals surface area contributed by atoms with Crippen molar-refractivity contribution in [3.05, 3.63) is 18.2 Å². The summed E-state index contributed by atoms with van der Waals surface area (Å²) in [6, 6.07) is 5.13. The number of nitrogens with two attached hydrogens (primary N) is 1. The monoisotopic (exact) mass is 238 g/mol. The molecule has 3 N–H and O–H groups in total. The Bertz CT molecular complexity index is 380. The molecule has 1 amide bonds. The third-order valence-electron chi connectivity index (χ3n) is 2.14. The summed E-state index contributed by atoms with van der Waals surface area (Å²) in [6.45, 7) is 2.70. The van der Waals surface area contributed by atoms with Crippen molar-refractivity contribution in [2.24, 2.45) is 0 Å². The lowest BCUT2D eigenvalue weighted by molar-refractivity contribution is -0.115. The molecule has 1 rings (SSSR count). The Hall–Kier alpha value is -1.75. The van der Waals surface area contributed by atoms with Gasteiger partial charge in [0.15, 0.2) is 0 Å². The smallest absolute Gasteiger partial charge is 0.224 e. The first-order valence-corrected chi connectivity index (χ1v) is 5.48. The van der Waals surface area contributed by atoms with Crippen LogP contribution in [0, 0.1) is 0 Å². The zero-order valence-corrected chi connectivity index (χ0v) is 10.2. The third-order valence-corrected chi connectivity index (χ3v) is 2.14. The maximum Gasteiger partial charge on any atom is 0.224 e. The molecule has 94 valence electrons. The Morgan fingerprint density at radius 2 is 2.18 bits per heavy atom. The maximum absolute atomic E-state index is 11.3. The van der Waals surface area contributed by atoms with Gasteiger partial charge in [-0.2, -0.15) is 0 Å². The maximum atomic E-state index is 11.3. The van der Waals surface area contributed by atoms with Crippen LogP contribution in [-0.2, 0) is 9.53 Å². The molecule has 0 bridgehead atoms. The molecule has 0 fully saturated rings. The first-order valence-electron chi connectivity index (χ1n) is 5.48. The van der Waals surface area contributed by atoms with Crippen molar-refractivity contribution in [2.75, 3.05) is 31.4 Å². The van der Waals surface area contributed by atoms with Crippen LogP contribution in [0.25, 0.3) is 0 Å². The first kappa shape index (κ1) is 13.3. The molecule has 0 heterocycles. The van der Waals surface area contributed by atoms with Crippen molar-refractivity contribution in [3.63, 3.8) is 0 Å². The average Bonchev–Trinajstić information content (AvgIpc) is 2.32. The lowest BCUT2D eigenvalue weighted by Gasteiger charge is -2.12. The Morgan fingerprint density at radius 1 is 1.41 bits per heavy atom. The molecular formula is C12H18N2O3. The van der Waals surface area contributed by atoms with E-state index in [1.54, 1.807) is 32.2 Å². The van der Waals surface area contributed by atoms with Crippen molar-refractivity contribution in [3.8, 4) is 5.75 Å². The van der Waals surface area contributed by atoms with Crippen LogP contribution in [0.15, 0.2) is 18.2 Å². The van der Waals surface area contributed by atoms with Crippen LogP contribution >= 0.6 is 0 Å². The van der Waals surface area contributed by atoms with Crippen LogP contribution < -0.4 is 15.8 Å². The summed E-state index contributed by atoms with van der Waals surface area (Å²) in [4.78, 5) is 11.3. The summed E-state index contributed by atoms with van der Waals surface area (Å²) >= 11 is 0. The van der Waals surface area contributed by atoms with E-state index in [2.05, 4.69) is 5.32 Å². The number of benzene rings is 1. The minimum absolute atomic E-state index is 0.0767. The molecule has 0 radical (unpaired) electrons. The number of carbonyl (C=O) groups excluding carboxylic acids is 1. The van der Waals surface area contributed by atoms with Crippen LogP contribution in [0.4, 0.5) is 11.4 Å². The highest BCUT2D eigenvalue weighted by Gasteiger charge is 2.07. The number of methoxy groups -OCH3 is 1. The molecule has 5 nitrogen and oxygen atoms in total. The highest BCUT2D eigenvalue weighted by atomic mass is 16.5. The number of rotatable bonds is 6. The van der Waals surface area contributed by atoms with Crippen LogP contribution in [0.3, 0.4) is 0 Å². The van der Waals surface area contributed by atoms with E-state index >= 15 is 0 Å². The summed E-state index contributed by atoms with van der Waals surface area (Å²) < 4.78 is 10.4. The van der Waals surface area contributed by atoms with E-state index in [4.69, 9.17) is 15.2 Å². The first-order chi connectivity index (χ1) is 8.17. The molecule has 0 aromatic heterocycles. The van der Waals surface area contributed by atoms with E-state index in [9.17, 15) is 4.79 Å². The predicted molar refractivity (Wildman–Crippen MR) is 67.1 cm³/mol. The molecule has 1 aromatic carbocycles. The third kappa shape index (κ3) is 4.32. The van der Waals surface area contributed by atoms with Gasteiger partial charge in [-0.15, -0.1) is 0 Å². The highest BCUT2D eigenvalue weighted by Crippen LogP contribution is 2.27. The van der Waals surface area contributed by atoms with Crippen molar-refractivity contribution in [2.45, 2.75) is 13.3 Å². The number of anilines is 2. The number of amides is 1. The van der Waals surface area contributed by atoms with Gasteiger partial charge in [-0.05, 0) is 18.2 Å². The highest BCUT2D eigenvalue weighted by molar-refractivity contribution is 5.92.